The largest absolute Gasteiger partial charge is 0.491 e. The topological polar surface area (TPSA) is 39.9 Å². The summed E-state index contributed by atoms with van der Waals surface area (Å²) in [6.45, 7) is 6.55. The number of aromatic nitrogens is 3. The highest BCUT2D eigenvalue weighted by Crippen LogP contribution is 2.21. The molecule has 0 fully saturated rings. The summed E-state index contributed by atoms with van der Waals surface area (Å²) >= 11 is 6.00. The van der Waals surface area contributed by atoms with Gasteiger partial charge in [0.15, 0.2) is 11.6 Å². The second kappa shape index (κ2) is 5.40. The summed E-state index contributed by atoms with van der Waals surface area (Å²) in [5.74, 6) is 1.92. The predicted molar refractivity (Wildman–Crippen MR) is 71.6 cm³/mol. The van der Waals surface area contributed by atoms with Crippen LogP contribution < -0.4 is 4.74 Å². The van der Waals surface area contributed by atoms with Crippen molar-refractivity contribution < 1.29 is 4.74 Å². The summed E-state index contributed by atoms with van der Waals surface area (Å²) < 4.78 is 7.11. The van der Waals surface area contributed by atoms with Gasteiger partial charge in [0, 0.05) is 11.3 Å². The van der Waals surface area contributed by atoms with Crippen molar-refractivity contribution in [2.45, 2.75) is 26.7 Å². The zero-order chi connectivity index (χ0) is 13.1. The second-order valence-electron chi connectivity index (χ2n) is 4.07. The molecule has 0 atom stereocenters. The van der Waals surface area contributed by atoms with E-state index in [9.17, 15) is 0 Å². The molecule has 2 heterocycles. The van der Waals surface area contributed by atoms with Crippen LogP contribution in [0.3, 0.4) is 0 Å². The highest BCUT2D eigenvalue weighted by Gasteiger charge is 2.11. The minimum atomic E-state index is 0.415. The molecule has 0 aliphatic heterocycles. The number of aryl methyl sites for hydroxylation is 2. The van der Waals surface area contributed by atoms with Crippen molar-refractivity contribution in [2.24, 2.45) is 0 Å². The van der Waals surface area contributed by atoms with Crippen LogP contribution in [0.2, 0.25) is 0 Å². The Labute approximate surface area is 112 Å². The molecule has 2 aromatic heterocycles. The van der Waals surface area contributed by atoms with Gasteiger partial charge in [0.05, 0.1) is 24.9 Å². The van der Waals surface area contributed by atoms with Crippen LogP contribution in [0.1, 0.15) is 23.7 Å². The van der Waals surface area contributed by atoms with E-state index in [0.717, 1.165) is 28.4 Å². The van der Waals surface area contributed by atoms with Gasteiger partial charge in [-0.15, -0.1) is 11.6 Å². The van der Waals surface area contributed by atoms with Gasteiger partial charge in [-0.25, -0.2) is 9.67 Å². The van der Waals surface area contributed by atoms with Gasteiger partial charge in [-0.1, -0.05) is 0 Å². The third kappa shape index (κ3) is 2.48. The van der Waals surface area contributed by atoms with E-state index in [2.05, 4.69) is 10.1 Å². The minimum Gasteiger partial charge on any atom is -0.491 e. The maximum atomic E-state index is 6.00. The molecule has 0 saturated carbocycles. The lowest BCUT2D eigenvalue weighted by Gasteiger charge is -2.10. The van der Waals surface area contributed by atoms with Crippen LogP contribution in [0.5, 0.6) is 5.75 Å². The molecule has 4 nitrogen and oxygen atoms in total. The van der Waals surface area contributed by atoms with Crippen LogP contribution in [-0.4, -0.2) is 21.4 Å². The number of hydrogen-bond acceptors (Lipinski definition) is 3. The molecule has 5 heteroatoms. The summed E-state index contributed by atoms with van der Waals surface area (Å²) in [6, 6.07) is 2.02. The van der Waals surface area contributed by atoms with Crippen LogP contribution in [0.25, 0.3) is 5.82 Å². The first-order chi connectivity index (χ1) is 8.65. The van der Waals surface area contributed by atoms with Gasteiger partial charge in [-0.3, -0.25) is 0 Å². The molecule has 2 aromatic rings. The Morgan fingerprint density at radius 3 is 2.83 bits per heavy atom. The predicted octanol–water partition coefficient (Wildman–Crippen LogP) is 3.02. The number of rotatable bonds is 4. The summed E-state index contributed by atoms with van der Waals surface area (Å²) in [7, 11) is 0. The van der Waals surface area contributed by atoms with E-state index in [0.29, 0.717) is 12.5 Å². The third-order valence-electron chi connectivity index (χ3n) is 2.67. The molecule has 18 heavy (non-hydrogen) atoms. The number of halogens is 1. The number of alkyl halides is 1. The van der Waals surface area contributed by atoms with Gasteiger partial charge in [0.2, 0.25) is 0 Å². The maximum Gasteiger partial charge on any atom is 0.158 e. The lowest BCUT2D eigenvalue weighted by Crippen LogP contribution is -2.05. The Kier molecular flexibility index (Phi) is 3.87. The average Bonchev–Trinajstić information content (AvgIpc) is 2.77. The van der Waals surface area contributed by atoms with Crippen molar-refractivity contribution >= 4 is 11.6 Å². The fourth-order valence-corrected chi connectivity index (χ4v) is 2.19. The monoisotopic (exact) mass is 265 g/mol. The zero-order valence-corrected chi connectivity index (χ0v) is 11.5. The number of pyridine rings is 1. The minimum absolute atomic E-state index is 0.415. The molecule has 0 bridgehead atoms. The SMILES string of the molecule is CCOc1cnn(-c2nc(C)cc(C)c2CCl)c1. The first-order valence-corrected chi connectivity index (χ1v) is 6.40. The Bertz CT molecular complexity index is 551. The van der Waals surface area contributed by atoms with Gasteiger partial charge in [0.25, 0.3) is 0 Å². The highest BCUT2D eigenvalue weighted by molar-refractivity contribution is 6.17. The van der Waals surface area contributed by atoms with Crippen molar-refractivity contribution in [2.75, 3.05) is 6.61 Å². The van der Waals surface area contributed by atoms with Crippen molar-refractivity contribution in [3.8, 4) is 11.6 Å². The third-order valence-corrected chi connectivity index (χ3v) is 2.94. The van der Waals surface area contributed by atoms with E-state index in [4.69, 9.17) is 16.3 Å². The van der Waals surface area contributed by atoms with Crippen LogP contribution >= 0.6 is 11.6 Å². The Hall–Kier alpha value is -1.55. The molecule has 0 aliphatic rings. The van der Waals surface area contributed by atoms with E-state index in [1.165, 1.54) is 0 Å². The van der Waals surface area contributed by atoms with Gasteiger partial charge in [-0.2, -0.15) is 5.10 Å². The molecule has 0 saturated heterocycles. The van der Waals surface area contributed by atoms with Crippen LogP contribution in [-0.2, 0) is 5.88 Å². The number of hydrogen-bond donors (Lipinski definition) is 0. The first kappa shape index (κ1) is 12.9. The van der Waals surface area contributed by atoms with Gasteiger partial charge >= 0.3 is 0 Å². The fourth-order valence-electron chi connectivity index (χ4n) is 1.86. The standard InChI is InChI=1S/C13H16ClN3O/c1-4-18-11-7-15-17(8-11)13-12(6-14)9(2)5-10(3)16-13/h5,7-8H,4,6H2,1-3H3. The maximum absolute atomic E-state index is 6.00. The van der Waals surface area contributed by atoms with Gasteiger partial charge in [0.1, 0.15) is 0 Å². The smallest absolute Gasteiger partial charge is 0.158 e. The quantitative estimate of drug-likeness (QED) is 0.798. The summed E-state index contributed by atoms with van der Waals surface area (Å²) in [4.78, 5) is 4.51. The summed E-state index contributed by atoms with van der Waals surface area (Å²) in [5, 5.41) is 4.27. The van der Waals surface area contributed by atoms with Crippen molar-refractivity contribution in [3.05, 3.63) is 35.3 Å². The van der Waals surface area contributed by atoms with Crippen molar-refractivity contribution in [1.29, 1.82) is 0 Å². The van der Waals surface area contributed by atoms with Crippen LogP contribution in [0.4, 0.5) is 0 Å². The lowest BCUT2D eigenvalue weighted by atomic mass is 10.1. The normalized spacial score (nSPS) is 10.7. The van der Waals surface area contributed by atoms with Gasteiger partial charge in [-0.05, 0) is 32.4 Å². The summed E-state index contributed by atoms with van der Waals surface area (Å²) in [5.41, 5.74) is 3.07. The lowest BCUT2D eigenvalue weighted by molar-refractivity contribution is 0.340. The molecule has 96 valence electrons. The molecule has 0 amide bonds. The van der Waals surface area contributed by atoms with Crippen LogP contribution in [0.15, 0.2) is 18.5 Å². The molecule has 0 unspecified atom stereocenters. The van der Waals surface area contributed by atoms with E-state index < -0.39 is 0 Å². The highest BCUT2D eigenvalue weighted by atomic mass is 35.5. The number of nitrogens with zero attached hydrogens (tertiary/aromatic N) is 3. The van der Waals surface area contributed by atoms with Gasteiger partial charge < -0.3 is 4.74 Å². The van der Waals surface area contributed by atoms with E-state index in [-0.39, 0.29) is 0 Å². The fraction of sp³-hybridized carbons (Fsp3) is 0.385. The molecular formula is C13H16ClN3O. The zero-order valence-electron chi connectivity index (χ0n) is 10.8. The van der Waals surface area contributed by atoms with E-state index in [1.54, 1.807) is 10.9 Å². The molecular weight excluding hydrogens is 250 g/mol. The first-order valence-electron chi connectivity index (χ1n) is 5.86. The molecule has 0 radical (unpaired) electrons. The van der Waals surface area contributed by atoms with Crippen LogP contribution in [0, 0.1) is 13.8 Å². The Morgan fingerprint density at radius 2 is 2.17 bits per heavy atom. The molecule has 0 aliphatic carbocycles. The Morgan fingerprint density at radius 1 is 1.39 bits per heavy atom. The molecule has 0 N–H and O–H groups in total. The summed E-state index contributed by atoms with van der Waals surface area (Å²) in [6.07, 6.45) is 3.50. The van der Waals surface area contributed by atoms with E-state index >= 15 is 0 Å². The molecule has 0 spiro atoms. The van der Waals surface area contributed by atoms with E-state index in [1.807, 2.05) is 33.0 Å². The molecule has 0 aromatic carbocycles. The average molecular weight is 266 g/mol. The molecule has 2 rings (SSSR count). The Balaban J connectivity index is 2.48. The van der Waals surface area contributed by atoms with Crippen molar-refractivity contribution in [1.82, 2.24) is 14.8 Å². The number of ether oxygens (including phenoxy) is 1. The second-order valence-corrected chi connectivity index (χ2v) is 4.34. The van der Waals surface area contributed by atoms with Crippen molar-refractivity contribution in [3.63, 3.8) is 0 Å².